The van der Waals surface area contributed by atoms with Crippen molar-refractivity contribution in [2.75, 3.05) is 5.32 Å². The minimum atomic E-state index is -0.422. The van der Waals surface area contributed by atoms with Crippen molar-refractivity contribution in [3.8, 4) is 0 Å². The number of hydrogen-bond donors (Lipinski definition) is 1. The molecule has 0 aliphatic carbocycles. The van der Waals surface area contributed by atoms with Gasteiger partial charge in [0.05, 0.1) is 22.2 Å². The number of nitro groups is 1. The Balaban J connectivity index is 1.74. The van der Waals surface area contributed by atoms with E-state index in [1.807, 2.05) is 0 Å². The number of hydrogen-bond acceptors (Lipinski definition) is 4. The molecule has 0 radical (unpaired) electrons. The molecule has 0 spiro atoms. The van der Waals surface area contributed by atoms with Gasteiger partial charge in [-0.05, 0) is 49.7 Å². The van der Waals surface area contributed by atoms with E-state index in [9.17, 15) is 14.9 Å². The molecule has 9 heteroatoms. The molecule has 3 rings (SSSR count). The summed E-state index contributed by atoms with van der Waals surface area (Å²) in [4.78, 5) is 23.1. The van der Waals surface area contributed by atoms with Crippen LogP contribution in [0.25, 0.3) is 0 Å². The van der Waals surface area contributed by atoms with Gasteiger partial charge in [-0.1, -0.05) is 39.7 Å². The number of rotatable bonds is 5. The van der Waals surface area contributed by atoms with E-state index in [2.05, 4.69) is 26.3 Å². The van der Waals surface area contributed by atoms with Crippen molar-refractivity contribution in [1.82, 2.24) is 9.78 Å². The van der Waals surface area contributed by atoms with Crippen molar-refractivity contribution >= 4 is 44.8 Å². The summed E-state index contributed by atoms with van der Waals surface area (Å²) in [5.41, 5.74) is 2.77. The first-order chi connectivity index (χ1) is 13.3. The molecular weight excluding hydrogens is 448 g/mol. The first kappa shape index (κ1) is 20.0. The molecule has 0 aliphatic heterocycles. The van der Waals surface area contributed by atoms with Gasteiger partial charge >= 0.3 is 5.69 Å². The highest BCUT2D eigenvalue weighted by Crippen LogP contribution is 2.26. The number of amides is 1. The van der Waals surface area contributed by atoms with Gasteiger partial charge in [0, 0.05) is 10.0 Å². The summed E-state index contributed by atoms with van der Waals surface area (Å²) < 4.78 is 2.41. The van der Waals surface area contributed by atoms with Crippen LogP contribution in [0.1, 0.15) is 27.3 Å². The van der Waals surface area contributed by atoms with Crippen molar-refractivity contribution in [3.63, 3.8) is 0 Å². The second-order valence-electron chi connectivity index (χ2n) is 6.21. The zero-order valence-electron chi connectivity index (χ0n) is 15.1. The van der Waals surface area contributed by atoms with Crippen LogP contribution in [0.2, 0.25) is 5.02 Å². The number of carbonyl (C=O) groups is 1. The monoisotopic (exact) mass is 462 g/mol. The normalized spacial score (nSPS) is 10.7. The molecule has 0 saturated carbocycles. The van der Waals surface area contributed by atoms with Crippen LogP contribution in [0.5, 0.6) is 0 Å². The maximum absolute atomic E-state index is 12.4. The summed E-state index contributed by atoms with van der Waals surface area (Å²) in [5, 5.41) is 18.6. The third-order valence-corrected chi connectivity index (χ3v) is 5.06. The summed E-state index contributed by atoms with van der Waals surface area (Å²) in [6.45, 7) is 3.66. The lowest BCUT2D eigenvalue weighted by atomic mass is 10.1. The van der Waals surface area contributed by atoms with Crippen LogP contribution >= 0.6 is 27.5 Å². The van der Waals surface area contributed by atoms with Crippen molar-refractivity contribution < 1.29 is 9.72 Å². The molecule has 1 N–H and O–H groups in total. The summed E-state index contributed by atoms with van der Waals surface area (Å²) in [7, 11) is 0. The molecule has 144 valence electrons. The maximum atomic E-state index is 12.4. The molecule has 1 amide bonds. The fourth-order valence-electron chi connectivity index (χ4n) is 2.83. The highest BCUT2D eigenvalue weighted by atomic mass is 79.9. The third kappa shape index (κ3) is 4.23. The number of halogens is 2. The Morgan fingerprint density at radius 1 is 1.25 bits per heavy atom. The van der Waals surface area contributed by atoms with E-state index in [1.54, 1.807) is 61.0 Å². The van der Waals surface area contributed by atoms with Crippen LogP contribution in [0.4, 0.5) is 11.4 Å². The standard InChI is InChI=1S/C19H16BrClN4O3/c1-11-18(25(27)28)12(2)24(23-11)10-13-3-5-14(6-4-13)19(26)22-17-8-7-15(20)9-16(17)21/h3-9H,10H2,1-2H3,(H,22,26). The number of aryl methyl sites for hydroxylation is 1. The van der Waals surface area contributed by atoms with Gasteiger partial charge in [-0.15, -0.1) is 0 Å². The Kier molecular flexibility index (Phi) is 5.81. The van der Waals surface area contributed by atoms with E-state index in [0.29, 0.717) is 34.2 Å². The van der Waals surface area contributed by atoms with E-state index in [4.69, 9.17) is 11.6 Å². The van der Waals surface area contributed by atoms with E-state index in [1.165, 1.54) is 0 Å². The van der Waals surface area contributed by atoms with E-state index in [-0.39, 0.29) is 11.6 Å². The lowest BCUT2D eigenvalue weighted by molar-refractivity contribution is -0.386. The van der Waals surface area contributed by atoms with Crippen LogP contribution in [0.15, 0.2) is 46.9 Å². The summed E-state index contributed by atoms with van der Waals surface area (Å²) in [5.74, 6) is -0.280. The first-order valence-corrected chi connectivity index (χ1v) is 9.47. The van der Waals surface area contributed by atoms with Gasteiger partial charge in [-0.3, -0.25) is 19.6 Å². The number of aromatic nitrogens is 2. The molecule has 0 bridgehead atoms. The number of benzene rings is 2. The molecule has 0 aliphatic rings. The quantitative estimate of drug-likeness (QED) is 0.420. The maximum Gasteiger partial charge on any atom is 0.312 e. The van der Waals surface area contributed by atoms with E-state index >= 15 is 0 Å². The zero-order valence-corrected chi connectivity index (χ0v) is 17.4. The summed E-state index contributed by atoms with van der Waals surface area (Å²) in [6, 6.07) is 12.2. The zero-order chi connectivity index (χ0) is 20.4. The van der Waals surface area contributed by atoms with Crippen LogP contribution in [-0.2, 0) is 6.54 Å². The van der Waals surface area contributed by atoms with Crippen LogP contribution < -0.4 is 5.32 Å². The molecule has 0 atom stereocenters. The first-order valence-electron chi connectivity index (χ1n) is 8.30. The Morgan fingerprint density at radius 2 is 1.93 bits per heavy atom. The highest BCUT2D eigenvalue weighted by molar-refractivity contribution is 9.10. The number of nitrogens with one attached hydrogen (secondary N) is 1. The fraction of sp³-hybridized carbons (Fsp3) is 0.158. The smallest absolute Gasteiger partial charge is 0.312 e. The minimum absolute atomic E-state index is 0.0300. The Labute approximate surface area is 174 Å². The fourth-order valence-corrected chi connectivity index (χ4v) is 3.55. The van der Waals surface area contributed by atoms with Gasteiger partial charge in [0.15, 0.2) is 0 Å². The Hall–Kier alpha value is -2.71. The molecule has 7 nitrogen and oxygen atoms in total. The number of carbonyl (C=O) groups excluding carboxylic acids is 1. The molecule has 0 saturated heterocycles. The third-order valence-electron chi connectivity index (χ3n) is 4.25. The molecule has 1 aromatic heterocycles. The highest BCUT2D eigenvalue weighted by Gasteiger charge is 2.21. The van der Waals surface area contributed by atoms with Crippen molar-refractivity contribution in [3.05, 3.63) is 84.6 Å². The van der Waals surface area contributed by atoms with Crippen molar-refractivity contribution in [1.29, 1.82) is 0 Å². The van der Waals surface area contributed by atoms with Gasteiger partial charge in [0.2, 0.25) is 0 Å². The SMILES string of the molecule is Cc1nn(Cc2ccc(C(=O)Nc3ccc(Br)cc3Cl)cc2)c(C)c1[N+](=O)[O-]. The average molecular weight is 464 g/mol. The van der Waals surface area contributed by atoms with Crippen LogP contribution in [-0.4, -0.2) is 20.6 Å². The topological polar surface area (TPSA) is 90.1 Å². The van der Waals surface area contributed by atoms with Gasteiger partial charge in [0.1, 0.15) is 11.4 Å². The lowest BCUT2D eigenvalue weighted by Gasteiger charge is -2.09. The molecule has 0 unspecified atom stereocenters. The average Bonchev–Trinajstić information content (AvgIpc) is 2.91. The molecule has 1 heterocycles. The Bertz CT molecular complexity index is 1060. The number of nitrogens with zero attached hydrogens (tertiary/aromatic N) is 3. The predicted octanol–water partition coefficient (Wildman–Crippen LogP) is 5.12. The van der Waals surface area contributed by atoms with Crippen molar-refractivity contribution in [2.45, 2.75) is 20.4 Å². The van der Waals surface area contributed by atoms with Gasteiger partial charge in [0.25, 0.3) is 5.91 Å². The van der Waals surface area contributed by atoms with E-state index < -0.39 is 4.92 Å². The van der Waals surface area contributed by atoms with Gasteiger partial charge < -0.3 is 5.32 Å². The van der Waals surface area contributed by atoms with Gasteiger partial charge in [-0.2, -0.15) is 5.10 Å². The van der Waals surface area contributed by atoms with E-state index in [0.717, 1.165) is 10.0 Å². The predicted molar refractivity (Wildman–Crippen MR) is 111 cm³/mol. The van der Waals surface area contributed by atoms with Gasteiger partial charge in [-0.25, -0.2) is 0 Å². The second kappa shape index (κ2) is 8.12. The molecule has 0 fully saturated rings. The van der Waals surface area contributed by atoms with Crippen LogP contribution in [0.3, 0.4) is 0 Å². The molecule has 28 heavy (non-hydrogen) atoms. The van der Waals surface area contributed by atoms with Crippen LogP contribution in [0, 0.1) is 24.0 Å². The molecular formula is C19H16BrClN4O3. The summed E-state index contributed by atoms with van der Waals surface area (Å²) >= 11 is 9.45. The van der Waals surface area contributed by atoms with Crippen molar-refractivity contribution in [2.24, 2.45) is 0 Å². The Morgan fingerprint density at radius 3 is 2.50 bits per heavy atom. The minimum Gasteiger partial charge on any atom is -0.321 e. The molecule has 2 aromatic carbocycles. The number of anilines is 1. The molecule has 3 aromatic rings. The summed E-state index contributed by atoms with van der Waals surface area (Å²) in [6.07, 6.45) is 0. The largest absolute Gasteiger partial charge is 0.321 e. The second-order valence-corrected chi connectivity index (χ2v) is 7.53. The lowest BCUT2D eigenvalue weighted by Crippen LogP contribution is -2.12.